The number of aliphatic hydroxyl groups is 1. The Kier molecular flexibility index (Phi) is 7.91. The first kappa shape index (κ1) is 23.1. The van der Waals surface area contributed by atoms with Gasteiger partial charge in [0.2, 0.25) is 0 Å². The van der Waals surface area contributed by atoms with E-state index in [1.165, 1.54) is 12.1 Å². The minimum Gasteiger partial charge on any atom is -0.491 e. The Balaban J connectivity index is 1.37. The third-order valence-corrected chi connectivity index (χ3v) is 5.27. The summed E-state index contributed by atoms with van der Waals surface area (Å²) < 4.78 is 43.6. The van der Waals surface area contributed by atoms with Gasteiger partial charge in [-0.1, -0.05) is 24.3 Å². The molecule has 2 aromatic carbocycles. The lowest BCUT2D eigenvalue weighted by atomic mass is 10.1. The Morgan fingerprint density at radius 3 is 2.10 bits per heavy atom. The number of ether oxygens (including phenoxy) is 1. The molecule has 0 spiro atoms. The largest absolute Gasteiger partial charge is 0.491 e. The molecule has 0 amide bonds. The third-order valence-electron chi connectivity index (χ3n) is 5.27. The maximum absolute atomic E-state index is 12.7. The van der Waals surface area contributed by atoms with Crippen LogP contribution in [0.3, 0.4) is 0 Å². The fourth-order valence-electron chi connectivity index (χ4n) is 3.53. The van der Waals surface area contributed by atoms with E-state index in [1.807, 2.05) is 12.1 Å². The van der Waals surface area contributed by atoms with Crippen molar-refractivity contribution in [3.8, 4) is 11.8 Å². The highest BCUT2D eigenvalue weighted by Crippen LogP contribution is 2.29. The smallest absolute Gasteiger partial charge is 0.416 e. The monoisotopic (exact) mass is 433 g/mol. The molecule has 1 aliphatic rings. The number of nitrogens with zero attached hydrogens (tertiary/aromatic N) is 3. The molecular formula is C23H26F3N3O2. The number of hydrogen-bond donors (Lipinski definition) is 1. The molecule has 3 rings (SSSR count). The molecule has 0 aliphatic carbocycles. The van der Waals surface area contributed by atoms with E-state index in [0.29, 0.717) is 25.3 Å². The van der Waals surface area contributed by atoms with Crippen LogP contribution in [0.25, 0.3) is 0 Å². The van der Waals surface area contributed by atoms with Crippen LogP contribution in [0, 0.1) is 11.3 Å². The molecule has 1 aliphatic heterocycles. The van der Waals surface area contributed by atoms with E-state index in [9.17, 15) is 18.3 Å². The van der Waals surface area contributed by atoms with E-state index in [-0.39, 0.29) is 6.61 Å². The van der Waals surface area contributed by atoms with Crippen LogP contribution in [0.15, 0.2) is 48.5 Å². The van der Waals surface area contributed by atoms with Crippen LogP contribution in [0.2, 0.25) is 0 Å². The standard InChI is InChI=1S/C23H26F3N3O2/c24-23(25,26)20-5-1-19(2-6-20)15-28-11-13-29(14-12-28)16-21(30)17-31-22-7-3-18(4-8-22)9-10-27/h1-8,21,30H,9,11-17H2/t21-/m0/s1. The van der Waals surface area contributed by atoms with Gasteiger partial charge in [-0.15, -0.1) is 0 Å². The van der Waals surface area contributed by atoms with Crippen LogP contribution < -0.4 is 4.74 Å². The van der Waals surface area contributed by atoms with E-state index in [4.69, 9.17) is 10.00 Å². The highest BCUT2D eigenvalue weighted by atomic mass is 19.4. The van der Waals surface area contributed by atoms with Crippen molar-refractivity contribution in [3.05, 3.63) is 65.2 Å². The molecule has 1 atom stereocenters. The van der Waals surface area contributed by atoms with Gasteiger partial charge in [-0.25, -0.2) is 0 Å². The lowest BCUT2D eigenvalue weighted by molar-refractivity contribution is -0.137. The second kappa shape index (κ2) is 10.6. The van der Waals surface area contributed by atoms with Gasteiger partial charge in [0.15, 0.2) is 0 Å². The lowest BCUT2D eigenvalue weighted by Crippen LogP contribution is -2.48. The van der Waals surface area contributed by atoms with Gasteiger partial charge in [0.1, 0.15) is 18.5 Å². The number of β-amino-alcohol motifs (C(OH)–C–C–N with tert-alkyl or cyclic N) is 1. The highest BCUT2D eigenvalue weighted by Gasteiger charge is 2.30. The second-order valence-electron chi connectivity index (χ2n) is 7.72. The molecule has 1 heterocycles. The fourth-order valence-corrected chi connectivity index (χ4v) is 3.53. The maximum Gasteiger partial charge on any atom is 0.416 e. The van der Waals surface area contributed by atoms with E-state index in [2.05, 4.69) is 15.9 Å². The van der Waals surface area contributed by atoms with Crippen LogP contribution >= 0.6 is 0 Å². The topological polar surface area (TPSA) is 59.7 Å². The molecule has 1 fully saturated rings. The summed E-state index contributed by atoms with van der Waals surface area (Å²) in [6.07, 6.45) is -4.58. The number of aliphatic hydroxyl groups excluding tert-OH is 1. The Labute approximate surface area is 180 Å². The summed E-state index contributed by atoms with van der Waals surface area (Å²) in [5, 5.41) is 19.0. The fraction of sp³-hybridized carbons (Fsp3) is 0.435. The van der Waals surface area contributed by atoms with Crippen molar-refractivity contribution < 1.29 is 23.0 Å². The first-order valence-corrected chi connectivity index (χ1v) is 10.2. The van der Waals surface area contributed by atoms with Crippen molar-refractivity contribution in [2.75, 3.05) is 39.3 Å². The zero-order chi connectivity index (χ0) is 22.3. The normalized spacial score (nSPS) is 16.6. The Hall–Kier alpha value is -2.60. The molecular weight excluding hydrogens is 407 g/mol. The summed E-state index contributed by atoms with van der Waals surface area (Å²) >= 11 is 0. The average Bonchev–Trinajstić information content (AvgIpc) is 2.75. The Bertz CT molecular complexity index is 856. The van der Waals surface area contributed by atoms with Crippen LogP contribution in [0.5, 0.6) is 5.75 Å². The van der Waals surface area contributed by atoms with Gasteiger partial charge >= 0.3 is 6.18 Å². The molecule has 0 radical (unpaired) electrons. The summed E-state index contributed by atoms with van der Waals surface area (Å²) in [7, 11) is 0. The molecule has 166 valence electrons. The Morgan fingerprint density at radius 2 is 1.52 bits per heavy atom. The molecule has 0 saturated carbocycles. The quantitative estimate of drug-likeness (QED) is 0.692. The highest BCUT2D eigenvalue weighted by molar-refractivity contribution is 5.28. The number of piperazine rings is 1. The molecule has 0 bridgehead atoms. The van der Waals surface area contributed by atoms with Gasteiger partial charge in [-0.3, -0.25) is 9.80 Å². The number of alkyl halides is 3. The van der Waals surface area contributed by atoms with Gasteiger partial charge in [0.05, 0.1) is 18.1 Å². The summed E-state index contributed by atoms with van der Waals surface area (Å²) in [5.74, 6) is 0.655. The van der Waals surface area contributed by atoms with Crippen molar-refractivity contribution >= 4 is 0 Å². The molecule has 0 unspecified atom stereocenters. The number of benzene rings is 2. The first-order valence-electron chi connectivity index (χ1n) is 10.2. The van der Waals surface area contributed by atoms with Crippen LogP contribution in [0.4, 0.5) is 13.2 Å². The molecule has 31 heavy (non-hydrogen) atoms. The minimum atomic E-state index is -4.31. The van der Waals surface area contributed by atoms with Crippen LogP contribution in [0.1, 0.15) is 16.7 Å². The molecule has 5 nitrogen and oxygen atoms in total. The molecule has 2 aromatic rings. The van der Waals surface area contributed by atoms with Crippen molar-refractivity contribution in [1.29, 1.82) is 5.26 Å². The number of nitriles is 1. The van der Waals surface area contributed by atoms with Gasteiger partial charge in [0, 0.05) is 39.3 Å². The summed E-state index contributed by atoms with van der Waals surface area (Å²) in [6, 6.07) is 14.7. The van der Waals surface area contributed by atoms with Crippen molar-refractivity contribution in [1.82, 2.24) is 9.80 Å². The molecule has 1 saturated heterocycles. The van der Waals surface area contributed by atoms with Crippen LogP contribution in [-0.2, 0) is 19.1 Å². The van der Waals surface area contributed by atoms with E-state index in [1.54, 1.807) is 12.1 Å². The molecule has 1 N–H and O–H groups in total. The zero-order valence-corrected chi connectivity index (χ0v) is 17.2. The number of halogens is 3. The predicted molar refractivity (Wildman–Crippen MR) is 110 cm³/mol. The maximum atomic E-state index is 12.7. The van der Waals surface area contributed by atoms with Crippen molar-refractivity contribution in [3.63, 3.8) is 0 Å². The Morgan fingerprint density at radius 1 is 0.935 bits per heavy atom. The van der Waals surface area contributed by atoms with E-state index >= 15 is 0 Å². The zero-order valence-electron chi connectivity index (χ0n) is 17.2. The second-order valence-corrected chi connectivity index (χ2v) is 7.72. The average molecular weight is 433 g/mol. The van der Waals surface area contributed by atoms with Gasteiger partial charge in [0.25, 0.3) is 0 Å². The minimum absolute atomic E-state index is 0.184. The molecule has 8 heteroatoms. The van der Waals surface area contributed by atoms with Crippen LogP contribution in [-0.4, -0.2) is 60.3 Å². The summed E-state index contributed by atoms with van der Waals surface area (Å²) in [5.41, 5.74) is 1.15. The van der Waals surface area contributed by atoms with Gasteiger partial charge in [-0.05, 0) is 35.4 Å². The summed E-state index contributed by atoms with van der Waals surface area (Å²) in [6.45, 7) is 4.43. The first-order chi connectivity index (χ1) is 14.8. The van der Waals surface area contributed by atoms with Gasteiger partial charge < -0.3 is 9.84 Å². The molecule has 0 aromatic heterocycles. The third kappa shape index (κ3) is 7.24. The summed E-state index contributed by atoms with van der Waals surface area (Å²) in [4.78, 5) is 4.36. The van der Waals surface area contributed by atoms with E-state index in [0.717, 1.165) is 49.4 Å². The van der Waals surface area contributed by atoms with Gasteiger partial charge in [-0.2, -0.15) is 18.4 Å². The van der Waals surface area contributed by atoms with Crippen molar-refractivity contribution in [2.24, 2.45) is 0 Å². The predicted octanol–water partition coefficient (Wildman–Crippen LogP) is 3.33. The SMILES string of the molecule is N#CCc1ccc(OC[C@@H](O)CN2CCN(Cc3ccc(C(F)(F)F)cc3)CC2)cc1. The van der Waals surface area contributed by atoms with E-state index < -0.39 is 17.8 Å². The number of rotatable bonds is 8. The number of hydrogen-bond acceptors (Lipinski definition) is 5. The van der Waals surface area contributed by atoms with Crippen molar-refractivity contribution in [2.45, 2.75) is 25.2 Å². The lowest BCUT2D eigenvalue weighted by Gasteiger charge is -2.35.